The van der Waals surface area contributed by atoms with Crippen LogP contribution in [0.1, 0.15) is 25.5 Å². The Kier molecular flexibility index (Phi) is 6.25. The predicted molar refractivity (Wildman–Crippen MR) is 138 cm³/mol. The van der Waals surface area contributed by atoms with E-state index in [1.54, 1.807) is 10.7 Å². The summed E-state index contributed by atoms with van der Waals surface area (Å²) in [6.45, 7) is 4.29. The van der Waals surface area contributed by atoms with Crippen LogP contribution in [0.15, 0.2) is 90.1 Å². The van der Waals surface area contributed by atoms with Gasteiger partial charge in [0.2, 0.25) is 5.95 Å². The number of aromatic nitrogens is 3. The van der Waals surface area contributed by atoms with Crippen LogP contribution < -0.4 is 15.4 Å². The zero-order chi connectivity index (χ0) is 24.4. The highest BCUT2D eigenvalue weighted by molar-refractivity contribution is 6.30. The van der Waals surface area contributed by atoms with Crippen molar-refractivity contribution >= 4 is 29.1 Å². The van der Waals surface area contributed by atoms with Crippen LogP contribution >= 0.6 is 11.6 Å². The normalized spacial score (nSPS) is 14.8. The van der Waals surface area contributed by atoms with Gasteiger partial charge in [-0.05, 0) is 44.2 Å². The number of halogens is 1. The molecule has 35 heavy (non-hydrogen) atoms. The molecule has 4 aromatic rings. The molecule has 0 bridgehead atoms. The van der Waals surface area contributed by atoms with Gasteiger partial charge in [-0.2, -0.15) is 4.98 Å². The number of ether oxygens (including phenoxy) is 1. The molecular weight excluding hydrogens is 462 g/mol. The molecule has 5 rings (SSSR count). The molecule has 0 spiro atoms. The zero-order valence-electron chi connectivity index (χ0n) is 19.3. The molecule has 0 radical (unpaired) electrons. The molecule has 2 N–H and O–H groups in total. The third kappa shape index (κ3) is 4.50. The Hall–Kier alpha value is -4.10. The van der Waals surface area contributed by atoms with Crippen LogP contribution in [0.2, 0.25) is 5.02 Å². The summed E-state index contributed by atoms with van der Waals surface area (Å²) >= 11 is 6.21. The molecule has 1 atom stereocenters. The fourth-order valence-corrected chi connectivity index (χ4v) is 4.39. The molecule has 0 saturated carbocycles. The van der Waals surface area contributed by atoms with Gasteiger partial charge in [0.25, 0.3) is 5.91 Å². The summed E-state index contributed by atoms with van der Waals surface area (Å²) in [5.41, 5.74) is 3.52. The summed E-state index contributed by atoms with van der Waals surface area (Å²) in [5, 5.41) is 11.7. The molecule has 0 saturated heterocycles. The van der Waals surface area contributed by atoms with Gasteiger partial charge in [0.05, 0.1) is 12.2 Å². The number of para-hydroxylation sites is 2. The van der Waals surface area contributed by atoms with Crippen molar-refractivity contribution < 1.29 is 9.53 Å². The van der Waals surface area contributed by atoms with Crippen molar-refractivity contribution in [3.8, 4) is 17.1 Å². The Morgan fingerprint density at radius 3 is 2.63 bits per heavy atom. The molecule has 176 valence electrons. The molecule has 1 unspecified atom stereocenters. The number of hydrogen-bond acceptors (Lipinski definition) is 5. The lowest BCUT2D eigenvalue weighted by molar-refractivity contribution is -0.113. The molecular formula is C27H24ClN5O2. The van der Waals surface area contributed by atoms with Crippen molar-refractivity contribution in [3.63, 3.8) is 0 Å². The van der Waals surface area contributed by atoms with Gasteiger partial charge in [-0.15, -0.1) is 5.10 Å². The van der Waals surface area contributed by atoms with Crippen LogP contribution in [-0.4, -0.2) is 27.3 Å². The highest BCUT2D eigenvalue weighted by atomic mass is 35.5. The number of amides is 1. The standard InChI is InChI=1S/C27H24ClN5O2/c1-3-35-22-15-8-7-14-21(22)24-23(26(34)30-20-12-5-4-6-13-20)17(2)29-27-31-25(32-33(24)27)18-10-9-11-19(28)16-18/h4-16,24H,3H2,1-2H3,(H,30,34)(H,29,31,32). The summed E-state index contributed by atoms with van der Waals surface area (Å²) in [6, 6.07) is 23.9. The maximum Gasteiger partial charge on any atom is 0.255 e. The largest absolute Gasteiger partial charge is 0.494 e. The molecule has 1 aliphatic rings. The van der Waals surface area contributed by atoms with Crippen LogP contribution in [0.5, 0.6) is 5.75 Å². The van der Waals surface area contributed by atoms with Crippen LogP contribution in [-0.2, 0) is 4.79 Å². The first-order chi connectivity index (χ1) is 17.0. The molecule has 3 aromatic carbocycles. The Balaban J connectivity index is 1.64. The van der Waals surface area contributed by atoms with Crippen LogP contribution in [0.3, 0.4) is 0 Å². The van der Waals surface area contributed by atoms with Gasteiger partial charge in [-0.25, -0.2) is 4.68 Å². The first-order valence-corrected chi connectivity index (χ1v) is 11.7. The first kappa shape index (κ1) is 22.7. The van der Waals surface area contributed by atoms with Gasteiger partial charge in [0, 0.05) is 27.5 Å². The van der Waals surface area contributed by atoms with Gasteiger partial charge in [-0.3, -0.25) is 4.79 Å². The van der Waals surface area contributed by atoms with Crippen molar-refractivity contribution in [2.75, 3.05) is 17.2 Å². The fraction of sp³-hybridized carbons (Fsp3) is 0.148. The lowest BCUT2D eigenvalue weighted by Gasteiger charge is -2.29. The quantitative estimate of drug-likeness (QED) is 0.354. The third-order valence-corrected chi connectivity index (χ3v) is 5.96. The Labute approximate surface area is 208 Å². The van der Waals surface area contributed by atoms with Gasteiger partial charge in [0.15, 0.2) is 5.82 Å². The lowest BCUT2D eigenvalue weighted by Crippen LogP contribution is -2.31. The maximum absolute atomic E-state index is 13.6. The monoisotopic (exact) mass is 485 g/mol. The van der Waals surface area contributed by atoms with Crippen molar-refractivity contribution in [1.82, 2.24) is 14.8 Å². The average Bonchev–Trinajstić information content (AvgIpc) is 3.28. The number of benzene rings is 3. The van der Waals surface area contributed by atoms with E-state index in [-0.39, 0.29) is 5.91 Å². The van der Waals surface area contributed by atoms with Gasteiger partial charge >= 0.3 is 0 Å². The molecule has 2 heterocycles. The molecule has 1 amide bonds. The van der Waals surface area contributed by atoms with E-state index in [0.29, 0.717) is 46.1 Å². The van der Waals surface area contributed by atoms with Crippen molar-refractivity contribution in [2.45, 2.75) is 19.9 Å². The zero-order valence-corrected chi connectivity index (χ0v) is 20.1. The Morgan fingerprint density at radius 2 is 1.86 bits per heavy atom. The van der Waals surface area contributed by atoms with E-state index in [1.165, 1.54) is 0 Å². The number of nitrogens with one attached hydrogen (secondary N) is 2. The number of allylic oxidation sites excluding steroid dienone is 1. The number of carbonyl (C=O) groups is 1. The lowest BCUT2D eigenvalue weighted by atomic mass is 9.94. The number of carbonyl (C=O) groups excluding carboxylic acids is 1. The SMILES string of the molecule is CCOc1ccccc1C1C(C(=O)Nc2ccccc2)=C(C)Nc2nc(-c3cccc(Cl)c3)nn21. The van der Waals surface area contributed by atoms with E-state index in [2.05, 4.69) is 10.6 Å². The minimum Gasteiger partial charge on any atom is -0.494 e. The topological polar surface area (TPSA) is 81.1 Å². The van der Waals surface area contributed by atoms with Crippen molar-refractivity contribution in [3.05, 3.63) is 101 Å². The summed E-state index contributed by atoms with van der Waals surface area (Å²) < 4.78 is 7.68. The van der Waals surface area contributed by atoms with Gasteiger partial charge in [-0.1, -0.05) is 60.1 Å². The molecule has 0 aliphatic carbocycles. The molecule has 8 heteroatoms. The van der Waals surface area contributed by atoms with Gasteiger partial charge in [0.1, 0.15) is 11.8 Å². The van der Waals surface area contributed by atoms with Crippen molar-refractivity contribution in [2.24, 2.45) is 0 Å². The van der Waals surface area contributed by atoms with Crippen LogP contribution in [0.25, 0.3) is 11.4 Å². The number of fused-ring (bicyclic) bond motifs is 1. The second-order valence-corrected chi connectivity index (χ2v) is 8.51. The number of anilines is 2. The molecule has 0 fully saturated rings. The number of rotatable bonds is 6. The smallest absolute Gasteiger partial charge is 0.255 e. The minimum atomic E-state index is -0.557. The van der Waals surface area contributed by atoms with E-state index in [9.17, 15) is 4.79 Å². The highest BCUT2D eigenvalue weighted by Crippen LogP contribution is 2.40. The number of nitrogens with zero attached hydrogens (tertiary/aromatic N) is 3. The minimum absolute atomic E-state index is 0.233. The summed E-state index contributed by atoms with van der Waals surface area (Å²) in [6.07, 6.45) is 0. The molecule has 1 aromatic heterocycles. The summed E-state index contributed by atoms with van der Waals surface area (Å²) in [7, 11) is 0. The Bertz CT molecular complexity index is 1410. The fourth-order valence-electron chi connectivity index (χ4n) is 4.20. The van der Waals surface area contributed by atoms with E-state index in [0.717, 1.165) is 11.1 Å². The average molecular weight is 486 g/mol. The maximum atomic E-state index is 13.6. The van der Waals surface area contributed by atoms with E-state index in [4.69, 9.17) is 26.4 Å². The first-order valence-electron chi connectivity index (χ1n) is 11.3. The van der Waals surface area contributed by atoms with Gasteiger partial charge < -0.3 is 15.4 Å². The Morgan fingerprint density at radius 1 is 1.09 bits per heavy atom. The number of hydrogen-bond donors (Lipinski definition) is 2. The van der Waals surface area contributed by atoms with Crippen LogP contribution in [0.4, 0.5) is 11.6 Å². The molecule has 1 aliphatic heterocycles. The highest BCUT2D eigenvalue weighted by Gasteiger charge is 2.36. The van der Waals surface area contributed by atoms with Crippen LogP contribution in [0, 0.1) is 0 Å². The summed E-state index contributed by atoms with van der Waals surface area (Å²) in [4.78, 5) is 18.4. The van der Waals surface area contributed by atoms with E-state index >= 15 is 0 Å². The molecule has 7 nitrogen and oxygen atoms in total. The third-order valence-electron chi connectivity index (χ3n) is 5.73. The predicted octanol–water partition coefficient (Wildman–Crippen LogP) is 5.92. The van der Waals surface area contributed by atoms with E-state index < -0.39 is 6.04 Å². The second-order valence-electron chi connectivity index (χ2n) is 8.07. The van der Waals surface area contributed by atoms with E-state index in [1.807, 2.05) is 86.6 Å². The van der Waals surface area contributed by atoms with Crippen molar-refractivity contribution in [1.29, 1.82) is 0 Å². The summed E-state index contributed by atoms with van der Waals surface area (Å²) in [5.74, 6) is 1.49. The second kappa shape index (κ2) is 9.64.